The lowest BCUT2D eigenvalue weighted by Gasteiger charge is -2.15. The molecule has 2 N–H and O–H groups in total. The van der Waals surface area contributed by atoms with Crippen molar-refractivity contribution >= 4 is 11.9 Å². The first-order chi connectivity index (χ1) is 11.5. The van der Waals surface area contributed by atoms with E-state index in [1.165, 1.54) is 12.1 Å². The number of amides is 1. The van der Waals surface area contributed by atoms with Crippen LogP contribution in [0.15, 0.2) is 48.5 Å². The van der Waals surface area contributed by atoms with E-state index < -0.39 is 5.97 Å². The molecule has 24 heavy (non-hydrogen) atoms. The van der Waals surface area contributed by atoms with Gasteiger partial charge >= 0.3 is 5.97 Å². The molecule has 2 rings (SSSR count). The van der Waals surface area contributed by atoms with Crippen LogP contribution in [-0.4, -0.2) is 23.6 Å². The number of benzene rings is 2. The van der Waals surface area contributed by atoms with E-state index in [0.717, 1.165) is 11.3 Å². The summed E-state index contributed by atoms with van der Waals surface area (Å²) in [5, 5.41) is 11.9. The molecule has 2 aromatic carbocycles. The van der Waals surface area contributed by atoms with Crippen molar-refractivity contribution in [2.24, 2.45) is 0 Å². The Bertz CT molecular complexity index is 727. The molecule has 1 unspecified atom stereocenters. The number of carboxylic acids is 1. The number of hydrogen-bond donors (Lipinski definition) is 2. The summed E-state index contributed by atoms with van der Waals surface area (Å²) >= 11 is 0. The van der Waals surface area contributed by atoms with Gasteiger partial charge in [0.1, 0.15) is 5.75 Å². The van der Waals surface area contributed by atoms with Crippen molar-refractivity contribution in [1.82, 2.24) is 5.32 Å². The van der Waals surface area contributed by atoms with Crippen LogP contribution in [0.4, 0.5) is 0 Å². The van der Waals surface area contributed by atoms with Crippen LogP contribution >= 0.6 is 0 Å². The van der Waals surface area contributed by atoms with E-state index in [2.05, 4.69) is 5.32 Å². The summed E-state index contributed by atoms with van der Waals surface area (Å²) < 4.78 is 5.46. The van der Waals surface area contributed by atoms with Gasteiger partial charge in [0, 0.05) is 0 Å². The number of nitrogens with one attached hydrogen (secondary N) is 1. The molecule has 0 radical (unpaired) electrons. The predicted molar refractivity (Wildman–Crippen MR) is 91.3 cm³/mol. The molecule has 0 aromatic heterocycles. The van der Waals surface area contributed by atoms with Gasteiger partial charge in [0.05, 0.1) is 24.6 Å². The second kappa shape index (κ2) is 8.15. The van der Waals surface area contributed by atoms with Crippen molar-refractivity contribution in [1.29, 1.82) is 0 Å². The predicted octanol–water partition coefficient (Wildman–Crippen LogP) is 3.20. The first-order valence-corrected chi connectivity index (χ1v) is 7.84. The van der Waals surface area contributed by atoms with E-state index in [0.29, 0.717) is 12.2 Å². The number of carbonyl (C=O) groups is 2. The van der Waals surface area contributed by atoms with Crippen molar-refractivity contribution in [2.45, 2.75) is 26.3 Å². The van der Waals surface area contributed by atoms with E-state index >= 15 is 0 Å². The fourth-order valence-electron chi connectivity index (χ4n) is 2.42. The SMILES string of the molecule is CCOc1cccc(C(C)NC(=O)Cc2cccc(C(=O)O)c2)c1. The molecular formula is C19H21NO4. The van der Waals surface area contributed by atoms with Crippen molar-refractivity contribution in [3.8, 4) is 5.75 Å². The Morgan fingerprint density at radius 2 is 1.92 bits per heavy atom. The normalized spacial score (nSPS) is 11.6. The molecule has 0 aliphatic heterocycles. The Morgan fingerprint density at radius 1 is 1.17 bits per heavy atom. The first kappa shape index (κ1) is 17.5. The Hall–Kier alpha value is -2.82. The highest BCUT2D eigenvalue weighted by atomic mass is 16.5. The van der Waals surface area contributed by atoms with Gasteiger partial charge in [-0.15, -0.1) is 0 Å². The van der Waals surface area contributed by atoms with Gasteiger partial charge in [-0.1, -0.05) is 24.3 Å². The number of hydrogen-bond acceptors (Lipinski definition) is 3. The summed E-state index contributed by atoms with van der Waals surface area (Å²) in [6.07, 6.45) is 0.136. The minimum atomic E-state index is -1.00. The van der Waals surface area contributed by atoms with E-state index in [1.54, 1.807) is 12.1 Å². The van der Waals surface area contributed by atoms with Crippen molar-refractivity contribution in [2.75, 3.05) is 6.61 Å². The quantitative estimate of drug-likeness (QED) is 0.819. The van der Waals surface area contributed by atoms with Crippen LogP contribution in [0.3, 0.4) is 0 Å². The zero-order valence-electron chi connectivity index (χ0n) is 13.8. The number of aromatic carboxylic acids is 1. The van der Waals surface area contributed by atoms with Gasteiger partial charge in [0.15, 0.2) is 0 Å². The molecule has 0 heterocycles. The van der Waals surface area contributed by atoms with E-state index in [4.69, 9.17) is 9.84 Å². The molecule has 0 saturated carbocycles. The van der Waals surface area contributed by atoms with Crippen LogP contribution in [-0.2, 0) is 11.2 Å². The number of rotatable bonds is 7. The summed E-state index contributed by atoms with van der Waals surface area (Å²) in [4.78, 5) is 23.2. The Morgan fingerprint density at radius 3 is 2.62 bits per heavy atom. The van der Waals surface area contributed by atoms with Gasteiger partial charge in [0.25, 0.3) is 0 Å². The van der Waals surface area contributed by atoms with E-state index in [9.17, 15) is 9.59 Å². The average Bonchev–Trinajstić information content (AvgIpc) is 2.55. The van der Waals surface area contributed by atoms with Gasteiger partial charge in [-0.05, 0) is 49.2 Å². The molecule has 0 spiro atoms. The molecule has 126 valence electrons. The molecule has 1 atom stereocenters. The lowest BCUT2D eigenvalue weighted by molar-refractivity contribution is -0.121. The standard InChI is InChI=1S/C19H21NO4/c1-3-24-17-9-5-7-15(12-17)13(2)20-18(21)11-14-6-4-8-16(10-14)19(22)23/h4-10,12-13H,3,11H2,1-2H3,(H,20,21)(H,22,23). The van der Waals surface area contributed by atoms with Gasteiger partial charge in [-0.3, -0.25) is 4.79 Å². The molecule has 2 aromatic rings. The third kappa shape index (κ3) is 4.84. The Kier molecular flexibility index (Phi) is 5.95. The van der Waals surface area contributed by atoms with Gasteiger partial charge in [0.2, 0.25) is 5.91 Å². The van der Waals surface area contributed by atoms with Crippen LogP contribution in [0.25, 0.3) is 0 Å². The monoisotopic (exact) mass is 327 g/mol. The largest absolute Gasteiger partial charge is 0.494 e. The fraction of sp³-hybridized carbons (Fsp3) is 0.263. The minimum Gasteiger partial charge on any atom is -0.494 e. The topological polar surface area (TPSA) is 75.6 Å². The highest BCUT2D eigenvalue weighted by Gasteiger charge is 2.12. The van der Waals surface area contributed by atoms with Crippen LogP contribution in [0.5, 0.6) is 5.75 Å². The minimum absolute atomic E-state index is 0.136. The van der Waals surface area contributed by atoms with Gasteiger partial charge in [-0.25, -0.2) is 4.79 Å². The molecule has 0 aliphatic carbocycles. The van der Waals surface area contributed by atoms with Crippen molar-refractivity contribution in [3.05, 3.63) is 65.2 Å². The lowest BCUT2D eigenvalue weighted by Crippen LogP contribution is -2.28. The van der Waals surface area contributed by atoms with E-state index in [1.807, 2.05) is 38.1 Å². The molecule has 0 aliphatic rings. The summed E-state index contributed by atoms with van der Waals surface area (Å²) in [5.74, 6) is -0.393. The zero-order valence-corrected chi connectivity index (χ0v) is 13.8. The van der Waals surface area contributed by atoms with Gasteiger partial charge < -0.3 is 15.2 Å². The third-order valence-electron chi connectivity index (χ3n) is 3.59. The number of ether oxygens (including phenoxy) is 1. The van der Waals surface area contributed by atoms with Crippen LogP contribution in [0.1, 0.15) is 41.4 Å². The third-order valence-corrected chi connectivity index (χ3v) is 3.59. The molecule has 5 heteroatoms. The number of carboxylic acid groups (broad SMARTS) is 1. The molecule has 0 fully saturated rings. The average molecular weight is 327 g/mol. The Labute approximate surface area is 141 Å². The highest BCUT2D eigenvalue weighted by Crippen LogP contribution is 2.19. The van der Waals surface area contributed by atoms with Crippen LogP contribution in [0.2, 0.25) is 0 Å². The van der Waals surface area contributed by atoms with E-state index in [-0.39, 0.29) is 23.9 Å². The summed E-state index contributed by atoms with van der Waals surface area (Å²) in [6, 6.07) is 13.8. The summed E-state index contributed by atoms with van der Waals surface area (Å²) in [6.45, 7) is 4.41. The second-order valence-corrected chi connectivity index (χ2v) is 5.48. The number of carbonyl (C=O) groups excluding carboxylic acids is 1. The first-order valence-electron chi connectivity index (χ1n) is 7.84. The summed E-state index contributed by atoms with van der Waals surface area (Å²) in [5.41, 5.74) is 1.80. The zero-order chi connectivity index (χ0) is 17.5. The molecule has 1 amide bonds. The molecule has 0 bridgehead atoms. The second-order valence-electron chi connectivity index (χ2n) is 5.48. The summed E-state index contributed by atoms with van der Waals surface area (Å²) in [7, 11) is 0. The smallest absolute Gasteiger partial charge is 0.335 e. The molecule has 0 saturated heterocycles. The molecule has 5 nitrogen and oxygen atoms in total. The van der Waals surface area contributed by atoms with Crippen LogP contribution < -0.4 is 10.1 Å². The maximum absolute atomic E-state index is 12.2. The Balaban J connectivity index is 2.00. The maximum Gasteiger partial charge on any atom is 0.335 e. The highest BCUT2D eigenvalue weighted by molar-refractivity contribution is 5.88. The fourth-order valence-corrected chi connectivity index (χ4v) is 2.42. The molecular weight excluding hydrogens is 306 g/mol. The van der Waals surface area contributed by atoms with Crippen molar-refractivity contribution < 1.29 is 19.4 Å². The lowest BCUT2D eigenvalue weighted by atomic mass is 10.1. The van der Waals surface area contributed by atoms with Crippen LogP contribution in [0, 0.1) is 0 Å². The van der Waals surface area contributed by atoms with Crippen molar-refractivity contribution in [3.63, 3.8) is 0 Å². The van der Waals surface area contributed by atoms with Gasteiger partial charge in [-0.2, -0.15) is 0 Å². The maximum atomic E-state index is 12.2.